The molecule has 1 unspecified atom stereocenters. The first-order valence-electron chi connectivity index (χ1n) is 12.0. The number of halogens is 2. The predicted molar refractivity (Wildman–Crippen MR) is 134 cm³/mol. The maximum absolute atomic E-state index is 13.1. The molecule has 1 saturated carbocycles. The van der Waals surface area contributed by atoms with Crippen molar-refractivity contribution in [2.45, 2.75) is 50.7 Å². The van der Waals surface area contributed by atoms with E-state index >= 15 is 0 Å². The molecule has 9 heteroatoms. The van der Waals surface area contributed by atoms with Gasteiger partial charge in [-0.2, -0.15) is 8.78 Å². The number of benzene rings is 2. The Bertz CT molecular complexity index is 1180. The van der Waals surface area contributed by atoms with E-state index in [0.29, 0.717) is 36.2 Å². The van der Waals surface area contributed by atoms with Gasteiger partial charge in [0.05, 0.1) is 24.5 Å². The molecule has 1 fully saturated rings. The molecule has 4 rings (SSSR count). The Hall–Kier alpha value is -3.51. The topological polar surface area (TPSA) is 83.1 Å². The molecule has 7 nitrogen and oxygen atoms in total. The van der Waals surface area contributed by atoms with Crippen molar-refractivity contribution in [3.8, 4) is 29.1 Å². The number of aromatic hydroxyl groups is 1. The van der Waals surface area contributed by atoms with Gasteiger partial charge in [0.15, 0.2) is 6.10 Å². The number of nitrogens with one attached hydrogen (secondary N) is 2. The van der Waals surface area contributed by atoms with Crippen molar-refractivity contribution in [2.24, 2.45) is 0 Å². The molecule has 1 heterocycles. The first kappa shape index (κ1) is 25.6. The van der Waals surface area contributed by atoms with Crippen LogP contribution in [0.25, 0.3) is 0 Å². The number of fused-ring (bicyclic) bond motifs is 1. The number of carbonyl (C=O) groups excluding carboxylic acids is 1. The number of nitrogens with zero attached hydrogens (tertiary/aromatic N) is 1. The maximum atomic E-state index is 13.1. The quantitative estimate of drug-likeness (QED) is 0.497. The lowest BCUT2D eigenvalue weighted by molar-refractivity contribution is -0.158. The monoisotopic (exact) mass is 499 g/mol. The van der Waals surface area contributed by atoms with Crippen molar-refractivity contribution in [1.29, 1.82) is 0 Å². The number of rotatable bonds is 6. The van der Waals surface area contributed by atoms with Crippen LogP contribution >= 0.6 is 0 Å². The number of carbonyl (C=O) groups is 1. The Morgan fingerprint density at radius 3 is 2.72 bits per heavy atom. The third-order valence-electron chi connectivity index (χ3n) is 6.13. The number of anilines is 2. The summed E-state index contributed by atoms with van der Waals surface area (Å²) in [6.45, 7) is 1.34. The van der Waals surface area contributed by atoms with E-state index in [2.05, 4.69) is 27.2 Å². The zero-order valence-corrected chi connectivity index (χ0v) is 20.7. The molecule has 2 aromatic rings. The third kappa shape index (κ3) is 6.38. The zero-order chi connectivity index (χ0) is 25.9. The van der Waals surface area contributed by atoms with E-state index < -0.39 is 18.1 Å². The Morgan fingerprint density at radius 1 is 1.28 bits per heavy atom. The fraction of sp³-hybridized carbons (Fsp3) is 0.444. The first-order valence-corrected chi connectivity index (χ1v) is 12.0. The Morgan fingerprint density at radius 2 is 2.03 bits per heavy atom. The summed E-state index contributed by atoms with van der Waals surface area (Å²) >= 11 is 0. The second-order valence-electron chi connectivity index (χ2n) is 9.52. The van der Waals surface area contributed by atoms with E-state index in [-0.39, 0.29) is 24.0 Å². The molecule has 1 aliphatic heterocycles. The molecule has 3 N–H and O–H groups in total. The minimum atomic E-state index is -3.31. The lowest BCUT2D eigenvalue weighted by atomic mass is 9.94. The van der Waals surface area contributed by atoms with Crippen LogP contribution < -0.4 is 20.1 Å². The molecule has 2 aliphatic rings. The minimum absolute atomic E-state index is 0.0148. The summed E-state index contributed by atoms with van der Waals surface area (Å²) in [7, 11) is 3.85. The number of phenols is 1. The van der Waals surface area contributed by atoms with Crippen molar-refractivity contribution < 1.29 is 28.2 Å². The van der Waals surface area contributed by atoms with Gasteiger partial charge in [-0.1, -0.05) is 24.7 Å². The van der Waals surface area contributed by atoms with Crippen LogP contribution in [0.15, 0.2) is 30.3 Å². The van der Waals surface area contributed by atoms with Crippen LogP contribution in [0.3, 0.4) is 0 Å². The van der Waals surface area contributed by atoms with Crippen LogP contribution in [-0.4, -0.2) is 55.3 Å². The molecule has 192 valence electrons. The molecule has 0 bridgehead atoms. The normalized spacial score (nSPS) is 17.4. The number of hydrogen-bond acceptors (Lipinski definition) is 6. The summed E-state index contributed by atoms with van der Waals surface area (Å²) in [5.74, 6) is 6.57. The Balaban J connectivity index is 1.52. The van der Waals surface area contributed by atoms with Crippen molar-refractivity contribution >= 4 is 17.3 Å². The maximum Gasteiger partial charge on any atom is 0.394 e. The standard InChI is InChI=1S/C27H31F2N3O4/c1-27(28,29)36-19-10-11-24-22(14-19)30-16-25(35-24)26(34)31-21-15-23(33)20(17-7-4-5-8-17)13-18(21)9-6-12-32(2)3/h10-11,13-15,17,25,30,33H,4-5,7-8,12,16H2,1-3H3,(H,31,34). The second-order valence-corrected chi connectivity index (χ2v) is 9.52. The van der Waals surface area contributed by atoms with E-state index in [0.717, 1.165) is 31.2 Å². The van der Waals surface area contributed by atoms with E-state index in [1.807, 2.05) is 25.1 Å². The number of phenolic OH excluding ortho intramolecular Hbond substituents is 1. The first-order chi connectivity index (χ1) is 17.1. The van der Waals surface area contributed by atoms with Crippen molar-refractivity contribution in [2.75, 3.05) is 37.8 Å². The second kappa shape index (κ2) is 10.6. The summed E-state index contributed by atoms with van der Waals surface area (Å²) in [4.78, 5) is 15.0. The van der Waals surface area contributed by atoms with Crippen molar-refractivity contribution in [3.63, 3.8) is 0 Å². The van der Waals surface area contributed by atoms with Crippen LogP contribution in [0.4, 0.5) is 20.2 Å². The largest absolute Gasteiger partial charge is 0.508 e. The average Bonchev–Trinajstić information content (AvgIpc) is 3.33. The lowest BCUT2D eigenvalue weighted by Gasteiger charge is -2.27. The van der Waals surface area contributed by atoms with Crippen LogP contribution in [0.2, 0.25) is 0 Å². The van der Waals surface area contributed by atoms with Gasteiger partial charge < -0.3 is 25.2 Å². The number of hydrogen-bond donors (Lipinski definition) is 3. The third-order valence-corrected chi connectivity index (χ3v) is 6.13. The van der Waals surface area contributed by atoms with E-state index in [1.165, 1.54) is 18.2 Å². The van der Waals surface area contributed by atoms with Gasteiger partial charge in [-0.25, -0.2) is 0 Å². The molecule has 0 aromatic heterocycles. The summed E-state index contributed by atoms with van der Waals surface area (Å²) < 4.78 is 36.7. The van der Waals surface area contributed by atoms with Crippen LogP contribution in [0.5, 0.6) is 17.2 Å². The molecular weight excluding hydrogens is 468 g/mol. The molecular formula is C27H31F2N3O4. The highest BCUT2D eigenvalue weighted by molar-refractivity contribution is 5.96. The summed E-state index contributed by atoms with van der Waals surface area (Å²) in [5, 5.41) is 16.6. The molecule has 1 amide bonds. The van der Waals surface area contributed by atoms with Crippen molar-refractivity contribution in [1.82, 2.24) is 4.90 Å². The Labute approximate surface area is 209 Å². The van der Waals surface area contributed by atoms with Gasteiger partial charge in [-0.3, -0.25) is 9.69 Å². The van der Waals surface area contributed by atoms with E-state index in [1.54, 1.807) is 6.07 Å². The number of alkyl halides is 2. The SMILES string of the molecule is CN(C)CC#Cc1cc(C2CCCC2)c(O)cc1NC(=O)C1CNc2cc(OC(C)(F)F)ccc2O1. The zero-order valence-electron chi connectivity index (χ0n) is 20.7. The minimum Gasteiger partial charge on any atom is -0.508 e. The van der Waals surface area contributed by atoms with Gasteiger partial charge in [-0.05, 0) is 56.6 Å². The fourth-order valence-corrected chi connectivity index (χ4v) is 4.45. The smallest absolute Gasteiger partial charge is 0.394 e. The van der Waals surface area contributed by atoms with Gasteiger partial charge in [0.1, 0.15) is 17.2 Å². The average molecular weight is 500 g/mol. The van der Waals surface area contributed by atoms with Gasteiger partial charge >= 0.3 is 6.11 Å². The molecule has 0 saturated heterocycles. The van der Waals surface area contributed by atoms with E-state index in [4.69, 9.17) is 4.74 Å². The van der Waals surface area contributed by atoms with Crippen LogP contribution in [0, 0.1) is 11.8 Å². The number of amides is 1. The van der Waals surface area contributed by atoms with Gasteiger partial charge in [0, 0.05) is 24.6 Å². The lowest BCUT2D eigenvalue weighted by Crippen LogP contribution is -2.41. The molecule has 0 spiro atoms. The summed E-state index contributed by atoms with van der Waals surface area (Å²) in [5.41, 5.74) is 2.36. The number of ether oxygens (including phenoxy) is 2. The molecule has 36 heavy (non-hydrogen) atoms. The van der Waals surface area contributed by atoms with Crippen LogP contribution in [0.1, 0.15) is 49.7 Å². The van der Waals surface area contributed by atoms with Crippen LogP contribution in [-0.2, 0) is 4.79 Å². The molecule has 1 aliphatic carbocycles. The van der Waals surface area contributed by atoms with Gasteiger partial charge in [0.2, 0.25) is 0 Å². The van der Waals surface area contributed by atoms with Gasteiger partial charge in [0.25, 0.3) is 5.91 Å². The summed E-state index contributed by atoms with van der Waals surface area (Å²) in [6, 6.07) is 7.67. The van der Waals surface area contributed by atoms with Gasteiger partial charge in [-0.15, -0.1) is 0 Å². The highest BCUT2D eigenvalue weighted by Crippen LogP contribution is 2.41. The Kier molecular flexibility index (Phi) is 7.55. The fourth-order valence-electron chi connectivity index (χ4n) is 4.45. The molecule has 0 radical (unpaired) electrons. The molecule has 1 atom stereocenters. The van der Waals surface area contributed by atoms with Crippen molar-refractivity contribution in [3.05, 3.63) is 41.5 Å². The van der Waals surface area contributed by atoms with E-state index in [9.17, 15) is 18.7 Å². The molecule has 2 aromatic carbocycles. The highest BCUT2D eigenvalue weighted by atomic mass is 19.3. The predicted octanol–water partition coefficient (Wildman–Crippen LogP) is 4.77. The highest BCUT2D eigenvalue weighted by Gasteiger charge is 2.29. The summed E-state index contributed by atoms with van der Waals surface area (Å²) in [6.07, 6.45) is 0.119.